The summed E-state index contributed by atoms with van der Waals surface area (Å²) in [5.74, 6) is 0. The Kier molecular flexibility index (Phi) is 4.81. The molecule has 0 aliphatic carbocycles. The van der Waals surface area contributed by atoms with Crippen LogP contribution in [0, 0.1) is 6.92 Å². The van der Waals surface area contributed by atoms with E-state index in [-0.39, 0.29) is 0 Å². The maximum Gasteiger partial charge on any atom is 0.0346 e. The third-order valence-electron chi connectivity index (χ3n) is 3.10. The molecule has 0 radical (unpaired) electrons. The highest BCUT2D eigenvalue weighted by molar-refractivity contribution is 5.49. The van der Waals surface area contributed by atoms with Gasteiger partial charge in [-0.3, -0.25) is 4.90 Å². The second kappa shape index (κ2) is 5.90. The van der Waals surface area contributed by atoms with Gasteiger partial charge in [-0.1, -0.05) is 19.1 Å². The fraction of sp³-hybridized carbons (Fsp3) is 0.571. The summed E-state index contributed by atoms with van der Waals surface area (Å²) >= 11 is 0. The van der Waals surface area contributed by atoms with E-state index < -0.39 is 0 Å². The number of hydrogen-bond acceptors (Lipinski definition) is 2. The monoisotopic (exact) mass is 220 g/mol. The number of rotatable bonds is 5. The van der Waals surface area contributed by atoms with Gasteiger partial charge in [-0.05, 0) is 50.9 Å². The Morgan fingerprint density at radius 3 is 2.56 bits per heavy atom. The molecule has 1 rings (SSSR count). The van der Waals surface area contributed by atoms with Gasteiger partial charge in [0.25, 0.3) is 0 Å². The first-order valence-corrected chi connectivity index (χ1v) is 6.14. The van der Waals surface area contributed by atoms with Crippen molar-refractivity contribution >= 4 is 5.69 Å². The van der Waals surface area contributed by atoms with E-state index >= 15 is 0 Å². The maximum absolute atomic E-state index is 5.93. The van der Waals surface area contributed by atoms with Crippen molar-refractivity contribution in [3.63, 3.8) is 0 Å². The van der Waals surface area contributed by atoms with Gasteiger partial charge < -0.3 is 5.73 Å². The summed E-state index contributed by atoms with van der Waals surface area (Å²) in [6, 6.07) is 6.78. The first kappa shape index (κ1) is 13.0. The molecule has 2 heteroatoms. The van der Waals surface area contributed by atoms with Crippen LogP contribution in [-0.2, 0) is 6.54 Å². The molecule has 0 bridgehead atoms. The van der Waals surface area contributed by atoms with Crippen LogP contribution in [0.25, 0.3) is 0 Å². The normalized spacial score (nSPS) is 11.4. The first-order chi connectivity index (χ1) is 7.56. The molecule has 2 nitrogen and oxygen atoms in total. The molecule has 0 unspecified atom stereocenters. The van der Waals surface area contributed by atoms with Gasteiger partial charge in [-0.25, -0.2) is 0 Å². The fourth-order valence-electron chi connectivity index (χ4n) is 1.90. The van der Waals surface area contributed by atoms with Crippen LogP contribution in [0.1, 0.15) is 38.3 Å². The van der Waals surface area contributed by atoms with E-state index in [4.69, 9.17) is 5.73 Å². The molecular weight excluding hydrogens is 196 g/mol. The number of nitrogens with zero attached hydrogens (tertiary/aromatic N) is 1. The Morgan fingerprint density at radius 1 is 1.31 bits per heavy atom. The molecule has 0 atom stereocenters. The van der Waals surface area contributed by atoms with Gasteiger partial charge in [-0.2, -0.15) is 0 Å². The number of nitrogens with two attached hydrogens (primary N) is 1. The van der Waals surface area contributed by atoms with Gasteiger partial charge in [0.2, 0.25) is 0 Å². The van der Waals surface area contributed by atoms with Crippen molar-refractivity contribution in [3.05, 3.63) is 29.3 Å². The summed E-state index contributed by atoms with van der Waals surface area (Å²) in [6.45, 7) is 11.0. The molecule has 0 aromatic heterocycles. The zero-order valence-electron chi connectivity index (χ0n) is 11.0. The highest BCUT2D eigenvalue weighted by Crippen LogP contribution is 2.18. The van der Waals surface area contributed by atoms with Crippen molar-refractivity contribution in [2.75, 3.05) is 12.3 Å². The molecular formula is C14H24N2. The van der Waals surface area contributed by atoms with Crippen molar-refractivity contribution in [2.45, 2.75) is 46.7 Å². The van der Waals surface area contributed by atoms with Crippen LogP contribution in [0.4, 0.5) is 5.69 Å². The molecule has 0 saturated heterocycles. The molecule has 0 aliphatic rings. The minimum absolute atomic E-state index is 0.584. The Bertz CT molecular complexity index is 332. The largest absolute Gasteiger partial charge is 0.399 e. The number of hydrogen-bond donors (Lipinski definition) is 1. The van der Waals surface area contributed by atoms with Crippen LogP contribution < -0.4 is 5.73 Å². The predicted octanol–water partition coefficient (Wildman–Crippen LogP) is 3.20. The topological polar surface area (TPSA) is 29.3 Å². The molecule has 0 heterocycles. The maximum atomic E-state index is 5.93. The van der Waals surface area contributed by atoms with Gasteiger partial charge in [0.1, 0.15) is 0 Å². The van der Waals surface area contributed by atoms with Crippen molar-refractivity contribution < 1.29 is 0 Å². The molecule has 1 aromatic rings. The molecule has 0 amide bonds. The SMILES string of the molecule is CCCN(Cc1cccc(N)c1C)C(C)C. The zero-order chi connectivity index (χ0) is 12.1. The summed E-state index contributed by atoms with van der Waals surface area (Å²) in [5.41, 5.74) is 9.40. The minimum Gasteiger partial charge on any atom is -0.399 e. The lowest BCUT2D eigenvalue weighted by molar-refractivity contribution is 0.213. The van der Waals surface area contributed by atoms with E-state index in [9.17, 15) is 0 Å². The summed E-state index contributed by atoms with van der Waals surface area (Å²) in [6.07, 6.45) is 1.19. The molecule has 1 aromatic carbocycles. The van der Waals surface area contributed by atoms with Crippen molar-refractivity contribution in [1.82, 2.24) is 4.90 Å². The lowest BCUT2D eigenvalue weighted by Gasteiger charge is -2.26. The van der Waals surface area contributed by atoms with Crippen LogP contribution in [-0.4, -0.2) is 17.5 Å². The van der Waals surface area contributed by atoms with E-state index in [2.05, 4.69) is 38.7 Å². The summed E-state index contributed by atoms with van der Waals surface area (Å²) < 4.78 is 0. The number of nitrogen functional groups attached to an aromatic ring is 1. The summed E-state index contributed by atoms with van der Waals surface area (Å²) in [5, 5.41) is 0. The molecule has 90 valence electrons. The molecule has 16 heavy (non-hydrogen) atoms. The van der Waals surface area contributed by atoms with Gasteiger partial charge in [0.15, 0.2) is 0 Å². The third kappa shape index (κ3) is 3.24. The van der Waals surface area contributed by atoms with Crippen molar-refractivity contribution in [2.24, 2.45) is 0 Å². The second-order valence-electron chi connectivity index (χ2n) is 4.70. The Labute approximate surface area is 99.5 Å². The van der Waals surface area contributed by atoms with Crippen molar-refractivity contribution in [3.8, 4) is 0 Å². The predicted molar refractivity (Wildman–Crippen MR) is 71.4 cm³/mol. The van der Waals surface area contributed by atoms with Gasteiger partial charge in [-0.15, -0.1) is 0 Å². The number of anilines is 1. The van der Waals surface area contributed by atoms with Crippen LogP contribution in [0.3, 0.4) is 0 Å². The minimum atomic E-state index is 0.584. The Morgan fingerprint density at radius 2 is 2.00 bits per heavy atom. The summed E-state index contributed by atoms with van der Waals surface area (Å²) in [4.78, 5) is 2.49. The lowest BCUT2D eigenvalue weighted by Crippen LogP contribution is -2.31. The Balaban J connectivity index is 2.81. The quantitative estimate of drug-likeness (QED) is 0.772. The average Bonchev–Trinajstić information content (AvgIpc) is 2.23. The van der Waals surface area contributed by atoms with Crippen LogP contribution in [0.15, 0.2) is 18.2 Å². The van der Waals surface area contributed by atoms with E-state index in [1.165, 1.54) is 17.5 Å². The van der Waals surface area contributed by atoms with Crippen molar-refractivity contribution in [1.29, 1.82) is 0 Å². The van der Waals surface area contributed by atoms with E-state index in [0.717, 1.165) is 18.8 Å². The Hall–Kier alpha value is -1.02. The van der Waals surface area contributed by atoms with Gasteiger partial charge in [0.05, 0.1) is 0 Å². The van der Waals surface area contributed by atoms with E-state index in [1.807, 2.05) is 12.1 Å². The van der Waals surface area contributed by atoms with Gasteiger partial charge in [0, 0.05) is 18.3 Å². The average molecular weight is 220 g/mol. The molecule has 0 aliphatic heterocycles. The van der Waals surface area contributed by atoms with Crippen LogP contribution >= 0.6 is 0 Å². The fourth-order valence-corrected chi connectivity index (χ4v) is 1.90. The lowest BCUT2D eigenvalue weighted by atomic mass is 10.1. The smallest absolute Gasteiger partial charge is 0.0346 e. The van der Waals surface area contributed by atoms with E-state index in [0.29, 0.717) is 6.04 Å². The van der Waals surface area contributed by atoms with E-state index in [1.54, 1.807) is 0 Å². The highest BCUT2D eigenvalue weighted by Gasteiger charge is 2.10. The molecule has 2 N–H and O–H groups in total. The molecule has 0 saturated carbocycles. The zero-order valence-corrected chi connectivity index (χ0v) is 11.0. The van der Waals surface area contributed by atoms with Crippen LogP contribution in [0.5, 0.6) is 0 Å². The standard InChI is InChI=1S/C14H24N2/c1-5-9-16(11(2)3)10-13-7-6-8-14(15)12(13)4/h6-8,11H,5,9-10,15H2,1-4H3. The number of benzene rings is 1. The summed E-state index contributed by atoms with van der Waals surface area (Å²) in [7, 11) is 0. The molecule has 0 fully saturated rings. The second-order valence-corrected chi connectivity index (χ2v) is 4.70. The van der Waals surface area contributed by atoms with Gasteiger partial charge >= 0.3 is 0 Å². The molecule has 0 spiro atoms. The van der Waals surface area contributed by atoms with Crippen LogP contribution in [0.2, 0.25) is 0 Å². The highest BCUT2D eigenvalue weighted by atomic mass is 15.1. The first-order valence-electron chi connectivity index (χ1n) is 6.14. The third-order valence-corrected chi connectivity index (χ3v) is 3.10.